The number of rotatable bonds is 10. The summed E-state index contributed by atoms with van der Waals surface area (Å²) in [5, 5.41) is 5.20. The number of hydrogen-bond donors (Lipinski definition) is 4. The highest BCUT2D eigenvalue weighted by molar-refractivity contribution is 5.99. The highest BCUT2D eigenvalue weighted by atomic mass is 19.1. The van der Waals surface area contributed by atoms with E-state index in [2.05, 4.69) is 15.3 Å². The number of H-pyrrole nitrogens is 1. The SMILES string of the molecule is CCc1cc(OCC2CC2)c(F)c(C(Nc2ccc3c(N)nccc3c2)c2nc(-c3ccccc3C(N)=O)c[nH]2)c1. The summed E-state index contributed by atoms with van der Waals surface area (Å²) in [5.41, 5.74) is 15.2. The maximum absolute atomic E-state index is 16.2. The number of hydrogen-bond acceptors (Lipinski definition) is 6. The predicted octanol–water partition coefficient (Wildman–Crippen LogP) is 6.00. The van der Waals surface area contributed by atoms with Crippen molar-refractivity contribution in [1.82, 2.24) is 15.0 Å². The maximum Gasteiger partial charge on any atom is 0.249 e. The number of aryl methyl sites for hydroxylation is 1. The smallest absolute Gasteiger partial charge is 0.249 e. The number of nitrogen functional groups attached to an aromatic ring is 1. The van der Waals surface area contributed by atoms with Crippen molar-refractivity contribution in [3.05, 3.63) is 101 Å². The van der Waals surface area contributed by atoms with Gasteiger partial charge in [0.1, 0.15) is 17.7 Å². The van der Waals surface area contributed by atoms with E-state index in [0.717, 1.165) is 34.9 Å². The molecule has 0 aliphatic heterocycles. The van der Waals surface area contributed by atoms with Crippen LogP contribution in [0.25, 0.3) is 22.0 Å². The fraction of sp³-hybridized carbons (Fsp3) is 0.219. The lowest BCUT2D eigenvalue weighted by Crippen LogP contribution is -2.17. The third kappa shape index (κ3) is 5.43. The highest BCUT2D eigenvalue weighted by Crippen LogP contribution is 2.36. The van der Waals surface area contributed by atoms with E-state index in [4.69, 9.17) is 21.2 Å². The van der Waals surface area contributed by atoms with Crippen molar-refractivity contribution in [2.75, 3.05) is 17.7 Å². The zero-order valence-corrected chi connectivity index (χ0v) is 22.7. The van der Waals surface area contributed by atoms with Crippen LogP contribution in [0, 0.1) is 11.7 Å². The van der Waals surface area contributed by atoms with Crippen LogP contribution in [0.1, 0.15) is 53.1 Å². The lowest BCUT2D eigenvalue weighted by Gasteiger charge is -2.22. The Labute approximate surface area is 237 Å². The number of ether oxygens (including phenoxy) is 1. The van der Waals surface area contributed by atoms with Crippen LogP contribution in [0.5, 0.6) is 5.75 Å². The van der Waals surface area contributed by atoms with Crippen molar-refractivity contribution >= 4 is 28.2 Å². The molecular formula is C32H31FN6O2. The largest absolute Gasteiger partial charge is 0.490 e. The van der Waals surface area contributed by atoms with E-state index in [9.17, 15) is 4.79 Å². The van der Waals surface area contributed by atoms with Gasteiger partial charge in [-0.3, -0.25) is 4.79 Å². The minimum atomic E-state index is -0.712. The molecular weight excluding hydrogens is 519 g/mol. The molecule has 8 nitrogen and oxygen atoms in total. The number of nitrogens with two attached hydrogens (primary N) is 2. The van der Waals surface area contributed by atoms with E-state index in [0.29, 0.717) is 53.0 Å². The molecule has 41 heavy (non-hydrogen) atoms. The van der Waals surface area contributed by atoms with Crippen LogP contribution in [0.3, 0.4) is 0 Å². The number of aromatic amines is 1. The Morgan fingerprint density at radius 2 is 2.00 bits per heavy atom. The Kier molecular flexibility index (Phi) is 7.01. The minimum absolute atomic E-state index is 0.237. The first-order valence-electron chi connectivity index (χ1n) is 13.7. The van der Waals surface area contributed by atoms with Gasteiger partial charge in [-0.15, -0.1) is 0 Å². The topological polar surface area (TPSA) is 132 Å². The van der Waals surface area contributed by atoms with Crippen molar-refractivity contribution in [2.45, 2.75) is 32.2 Å². The van der Waals surface area contributed by atoms with Gasteiger partial charge in [-0.1, -0.05) is 31.2 Å². The van der Waals surface area contributed by atoms with Crippen LogP contribution in [-0.4, -0.2) is 27.5 Å². The molecule has 3 aromatic carbocycles. The Bertz CT molecular complexity index is 1750. The van der Waals surface area contributed by atoms with E-state index in [1.165, 1.54) is 0 Å². The van der Waals surface area contributed by atoms with Gasteiger partial charge in [0.25, 0.3) is 0 Å². The molecule has 208 valence electrons. The van der Waals surface area contributed by atoms with Crippen molar-refractivity contribution in [3.63, 3.8) is 0 Å². The lowest BCUT2D eigenvalue weighted by atomic mass is 9.99. The minimum Gasteiger partial charge on any atom is -0.490 e. The van der Waals surface area contributed by atoms with Crippen LogP contribution in [0.4, 0.5) is 15.9 Å². The Morgan fingerprint density at radius 3 is 2.78 bits per heavy atom. The number of benzene rings is 3. The number of pyridine rings is 1. The molecule has 1 aliphatic carbocycles. The first-order valence-corrected chi connectivity index (χ1v) is 13.7. The van der Waals surface area contributed by atoms with Crippen molar-refractivity contribution in [3.8, 4) is 17.0 Å². The number of carbonyl (C=O) groups excluding carboxylic acids is 1. The number of nitrogens with zero attached hydrogens (tertiary/aromatic N) is 2. The molecule has 0 spiro atoms. The van der Waals surface area contributed by atoms with Crippen LogP contribution in [0.15, 0.2) is 73.1 Å². The summed E-state index contributed by atoms with van der Waals surface area (Å²) in [6.45, 7) is 2.52. The van der Waals surface area contributed by atoms with Gasteiger partial charge in [-0.25, -0.2) is 14.4 Å². The van der Waals surface area contributed by atoms with Crippen molar-refractivity contribution in [2.24, 2.45) is 11.7 Å². The molecule has 6 N–H and O–H groups in total. The average molecular weight is 551 g/mol. The predicted molar refractivity (Wildman–Crippen MR) is 158 cm³/mol. The van der Waals surface area contributed by atoms with Crippen molar-refractivity contribution in [1.29, 1.82) is 0 Å². The molecule has 1 aliphatic rings. The summed E-state index contributed by atoms with van der Waals surface area (Å²) in [6.07, 6.45) is 6.27. The number of carbonyl (C=O) groups is 1. The van der Waals surface area contributed by atoms with E-state index >= 15 is 4.39 Å². The third-order valence-electron chi connectivity index (χ3n) is 7.46. The number of fused-ring (bicyclic) bond motifs is 1. The van der Waals surface area contributed by atoms with E-state index in [1.807, 2.05) is 43.3 Å². The van der Waals surface area contributed by atoms with E-state index in [1.54, 1.807) is 36.7 Å². The van der Waals surface area contributed by atoms with Gasteiger partial charge in [-0.2, -0.15) is 0 Å². The zero-order valence-electron chi connectivity index (χ0n) is 22.7. The summed E-state index contributed by atoms with van der Waals surface area (Å²) in [7, 11) is 0. The van der Waals surface area contributed by atoms with Gasteiger partial charge in [0.15, 0.2) is 11.6 Å². The number of amides is 1. The van der Waals surface area contributed by atoms with E-state index in [-0.39, 0.29) is 5.75 Å². The number of nitrogens with one attached hydrogen (secondary N) is 2. The second-order valence-corrected chi connectivity index (χ2v) is 10.4. The fourth-order valence-corrected chi connectivity index (χ4v) is 4.99. The average Bonchev–Trinajstić information content (AvgIpc) is 3.69. The van der Waals surface area contributed by atoms with E-state index < -0.39 is 17.8 Å². The maximum atomic E-state index is 16.2. The van der Waals surface area contributed by atoms with Crippen molar-refractivity contribution < 1.29 is 13.9 Å². The first-order chi connectivity index (χ1) is 19.9. The highest BCUT2D eigenvalue weighted by Gasteiger charge is 2.27. The van der Waals surface area contributed by atoms with Crippen LogP contribution in [-0.2, 0) is 6.42 Å². The van der Waals surface area contributed by atoms with Gasteiger partial charge in [0, 0.05) is 40.2 Å². The number of imidazole rings is 1. The van der Waals surface area contributed by atoms with Crippen LogP contribution >= 0.6 is 0 Å². The second kappa shape index (κ2) is 10.9. The Balaban J connectivity index is 1.45. The van der Waals surface area contributed by atoms with Crippen LogP contribution in [0.2, 0.25) is 0 Å². The number of halogens is 1. The van der Waals surface area contributed by atoms with Gasteiger partial charge >= 0.3 is 0 Å². The molecule has 0 bridgehead atoms. The summed E-state index contributed by atoms with van der Waals surface area (Å²) in [6, 6.07) is 17.5. The summed E-state index contributed by atoms with van der Waals surface area (Å²) >= 11 is 0. The van der Waals surface area contributed by atoms with Gasteiger partial charge in [0.05, 0.1) is 12.3 Å². The molecule has 0 saturated heterocycles. The molecule has 1 amide bonds. The molecule has 2 heterocycles. The first kappa shape index (κ1) is 26.3. The standard InChI is InChI=1S/C32H31FN6O2/c1-2-18-13-25(28(33)27(14-18)41-17-19-7-8-19)29(38-21-9-10-22-20(15-21)11-12-36-30(22)34)32-37-16-26(39-32)23-5-3-4-6-24(23)31(35)40/h3-6,9-16,19,29,38H,2,7-8,17H2,1H3,(H2,34,36)(H2,35,40)(H,37,39). The van der Waals surface area contributed by atoms with Gasteiger partial charge < -0.3 is 26.5 Å². The monoisotopic (exact) mass is 550 g/mol. The summed E-state index contributed by atoms with van der Waals surface area (Å²) < 4.78 is 22.2. The molecule has 6 rings (SSSR count). The lowest BCUT2D eigenvalue weighted by molar-refractivity contribution is 0.100. The number of aromatic nitrogens is 3. The molecule has 5 aromatic rings. The fourth-order valence-electron chi connectivity index (χ4n) is 4.99. The van der Waals surface area contributed by atoms with Crippen LogP contribution < -0.4 is 21.5 Å². The molecule has 0 radical (unpaired) electrons. The number of primary amides is 1. The third-order valence-corrected chi connectivity index (χ3v) is 7.46. The molecule has 9 heteroatoms. The Hall–Kier alpha value is -4.92. The second-order valence-electron chi connectivity index (χ2n) is 10.4. The quantitative estimate of drug-likeness (QED) is 0.169. The zero-order chi connectivity index (χ0) is 28.5. The molecule has 1 atom stereocenters. The van der Waals surface area contributed by atoms with Gasteiger partial charge in [0.2, 0.25) is 5.91 Å². The molecule has 1 fully saturated rings. The van der Waals surface area contributed by atoms with Gasteiger partial charge in [-0.05, 0) is 72.5 Å². The molecule has 1 unspecified atom stereocenters. The summed E-state index contributed by atoms with van der Waals surface area (Å²) in [4.78, 5) is 24.3. The number of anilines is 2. The normalized spacial score (nSPS) is 13.7. The Morgan fingerprint density at radius 1 is 1.17 bits per heavy atom. The molecule has 1 saturated carbocycles. The molecule has 2 aromatic heterocycles. The summed E-state index contributed by atoms with van der Waals surface area (Å²) in [5.74, 6) is 0.632.